The van der Waals surface area contributed by atoms with Crippen LogP contribution in [-0.4, -0.2) is 26.9 Å². The third-order valence-electron chi connectivity index (χ3n) is 4.26. The lowest BCUT2D eigenvalue weighted by atomic mass is 10.1. The van der Waals surface area contributed by atoms with Crippen molar-refractivity contribution in [2.24, 2.45) is 0 Å². The monoisotopic (exact) mass is 394 g/mol. The number of benzene rings is 2. The Morgan fingerprint density at radius 2 is 1.88 bits per heavy atom. The molecule has 5 nitrogen and oxygen atoms in total. The topological polar surface area (TPSA) is 75.3 Å². The van der Waals surface area contributed by atoms with Gasteiger partial charge in [-0.1, -0.05) is 30.3 Å². The lowest BCUT2D eigenvalue weighted by Gasteiger charge is -2.11. The smallest absolute Gasteiger partial charge is 0.225 e. The second-order valence-corrected chi connectivity index (χ2v) is 8.31. The molecule has 2 N–H and O–H groups in total. The van der Waals surface area contributed by atoms with Crippen LogP contribution in [0.25, 0.3) is 0 Å². The van der Waals surface area contributed by atoms with E-state index in [1.54, 1.807) is 54.6 Å². The first kappa shape index (κ1) is 20.4. The fourth-order valence-electron chi connectivity index (χ4n) is 3.04. The maximum Gasteiger partial charge on any atom is 0.225 e. The van der Waals surface area contributed by atoms with E-state index in [9.17, 15) is 13.2 Å². The largest absolute Gasteiger partial charge is 0.326 e. The van der Waals surface area contributed by atoms with Crippen LogP contribution < -0.4 is 10.6 Å². The van der Waals surface area contributed by atoms with E-state index in [0.717, 1.165) is 19.4 Å². The second kappa shape index (κ2) is 9.16. The van der Waals surface area contributed by atoms with Crippen molar-refractivity contribution in [2.75, 3.05) is 11.9 Å². The maximum absolute atomic E-state index is 12.5. The van der Waals surface area contributed by atoms with Gasteiger partial charge in [0.2, 0.25) is 5.91 Å². The van der Waals surface area contributed by atoms with E-state index in [1.165, 1.54) is 0 Å². The number of carbonyl (C=O) groups is 1. The minimum atomic E-state index is -3.40. The van der Waals surface area contributed by atoms with Crippen LogP contribution in [0.4, 0.5) is 5.69 Å². The van der Waals surface area contributed by atoms with Crippen LogP contribution in [0.15, 0.2) is 59.5 Å². The highest BCUT2D eigenvalue weighted by molar-refractivity contribution is 7.90. The maximum atomic E-state index is 12.5. The molecule has 0 saturated carbocycles. The minimum absolute atomic E-state index is 0. The Kier molecular flexibility index (Phi) is 7.20. The molecule has 3 rings (SSSR count). The molecule has 0 aromatic heterocycles. The van der Waals surface area contributed by atoms with Crippen molar-refractivity contribution in [3.63, 3.8) is 0 Å². The molecule has 1 unspecified atom stereocenters. The van der Waals surface area contributed by atoms with Gasteiger partial charge in [-0.2, -0.15) is 0 Å². The van der Waals surface area contributed by atoms with Gasteiger partial charge in [-0.05, 0) is 49.2 Å². The van der Waals surface area contributed by atoms with E-state index >= 15 is 0 Å². The van der Waals surface area contributed by atoms with Gasteiger partial charge in [-0.15, -0.1) is 12.4 Å². The SMILES string of the molecule is Cl.O=C(CC1CCCN1)Nc1cccc(CS(=O)(=O)c2ccccc2)c1. The zero-order chi connectivity index (χ0) is 17.7. The average molecular weight is 395 g/mol. The molecule has 1 saturated heterocycles. The summed E-state index contributed by atoms with van der Waals surface area (Å²) < 4.78 is 24.9. The summed E-state index contributed by atoms with van der Waals surface area (Å²) in [6.07, 6.45) is 2.56. The highest BCUT2D eigenvalue weighted by Gasteiger charge is 2.18. The second-order valence-electron chi connectivity index (χ2n) is 6.32. The Bertz CT molecular complexity index is 835. The van der Waals surface area contributed by atoms with Gasteiger partial charge in [0, 0.05) is 18.2 Å². The van der Waals surface area contributed by atoms with Crippen molar-refractivity contribution in [3.8, 4) is 0 Å². The molecule has 1 heterocycles. The van der Waals surface area contributed by atoms with Crippen LogP contribution in [0.3, 0.4) is 0 Å². The van der Waals surface area contributed by atoms with Crippen molar-refractivity contribution < 1.29 is 13.2 Å². The Hall–Kier alpha value is -1.89. The van der Waals surface area contributed by atoms with Crippen LogP contribution in [-0.2, 0) is 20.4 Å². The molecule has 2 aromatic carbocycles. The third kappa shape index (κ3) is 5.56. The molecular formula is C19H23ClN2O3S. The number of amides is 1. The van der Waals surface area contributed by atoms with Crippen LogP contribution in [0.1, 0.15) is 24.8 Å². The quantitative estimate of drug-likeness (QED) is 0.789. The van der Waals surface area contributed by atoms with Crippen LogP contribution in [0.2, 0.25) is 0 Å². The van der Waals surface area contributed by atoms with Crippen molar-refractivity contribution in [1.82, 2.24) is 5.32 Å². The molecule has 1 aliphatic heterocycles. The predicted molar refractivity (Wildman–Crippen MR) is 105 cm³/mol. The Balaban J connectivity index is 0.00000243. The predicted octanol–water partition coefficient (Wildman–Crippen LogP) is 3.16. The van der Waals surface area contributed by atoms with Crippen molar-refractivity contribution >= 4 is 33.8 Å². The van der Waals surface area contributed by atoms with E-state index in [-0.39, 0.29) is 30.1 Å². The molecule has 0 aliphatic carbocycles. The summed E-state index contributed by atoms with van der Waals surface area (Å²) in [6.45, 7) is 0.963. The molecule has 1 fully saturated rings. The van der Waals surface area contributed by atoms with Crippen LogP contribution in [0, 0.1) is 0 Å². The molecule has 0 spiro atoms. The Labute approximate surface area is 160 Å². The van der Waals surface area contributed by atoms with Gasteiger partial charge in [-0.25, -0.2) is 8.42 Å². The molecule has 0 bridgehead atoms. The van der Waals surface area contributed by atoms with Gasteiger partial charge in [0.25, 0.3) is 0 Å². The molecule has 2 aromatic rings. The number of sulfone groups is 1. The summed E-state index contributed by atoms with van der Waals surface area (Å²) in [5.41, 5.74) is 1.28. The summed E-state index contributed by atoms with van der Waals surface area (Å²) in [5.74, 6) is -0.146. The summed E-state index contributed by atoms with van der Waals surface area (Å²) in [7, 11) is -3.40. The summed E-state index contributed by atoms with van der Waals surface area (Å²) in [6, 6.07) is 15.6. The first-order valence-corrected chi connectivity index (χ1v) is 10.1. The van der Waals surface area contributed by atoms with Gasteiger partial charge >= 0.3 is 0 Å². The van der Waals surface area contributed by atoms with Crippen LogP contribution >= 0.6 is 12.4 Å². The number of nitrogens with one attached hydrogen (secondary N) is 2. The number of rotatable bonds is 6. The van der Waals surface area contributed by atoms with Gasteiger partial charge < -0.3 is 10.6 Å². The molecule has 7 heteroatoms. The minimum Gasteiger partial charge on any atom is -0.326 e. The van der Waals surface area contributed by atoms with E-state index in [4.69, 9.17) is 0 Å². The summed E-state index contributed by atoms with van der Waals surface area (Å²) >= 11 is 0. The highest BCUT2D eigenvalue weighted by Crippen LogP contribution is 2.19. The molecule has 1 atom stereocenters. The van der Waals surface area contributed by atoms with Crippen molar-refractivity contribution in [1.29, 1.82) is 0 Å². The number of anilines is 1. The van der Waals surface area contributed by atoms with E-state index in [0.29, 0.717) is 22.6 Å². The normalized spacial score (nSPS) is 16.7. The standard InChI is InChI=1S/C19H22N2O3S.ClH/c22-19(13-16-8-5-11-20-16)21-17-7-4-6-15(12-17)14-25(23,24)18-9-2-1-3-10-18;/h1-4,6-7,9-10,12,16,20H,5,8,11,13-14H2,(H,21,22);1H. The zero-order valence-corrected chi connectivity index (χ0v) is 16.0. The fourth-order valence-corrected chi connectivity index (χ4v) is 4.39. The van der Waals surface area contributed by atoms with Crippen molar-refractivity contribution in [2.45, 2.75) is 36.0 Å². The molecule has 1 aliphatic rings. The number of hydrogen-bond donors (Lipinski definition) is 2. The van der Waals surface area contributed by atoms with Gasteiger partial charge in [0.05, 0.1) is 10.6 Å². The fraction of sp³-hybridized carbons (Fsp3) is 0.316. The molecular weight excluding hydrogens is 372 g/mol. The first-order chi connectivity index (χ1) is 12.0. The first-order valence-electron chi connectivity index (χ1n) is 8.43. The lowest BCUT2D eigenvalue weighted by molar-refractivity contribution is -0.116. The van der Waals surface area contributed by atoms with Gasteiger partial charge in [-0.3, -0.25) is 4.79 Å². The molecule has 140 valence electrons. The highest BCUT2D eigenvalue weighted by atomic mass is 35.5. The number of carbonyl (C=O) groups excluding carboxylic acids is 1. The molecule has 0 radical (unpaired) electrons. The molecule has 26 heavy (non-hydrogen) atoms. The number of hydrogen-bond acceptors (Lipinski definition) is 4. The zero-order valence-electron chi connectivity index (χ0n) is 14.4. The van der Waals surface area contributed by atoms with Crippen molar-refractivity contribution in [3.05, 3.63) is 60.2 Å². The Morgan fingerprint density at radius 1 is 1.12 bits per heavy atom. The van der Waals surface area contributed by atoms with E-state index in [2.05, 4.69) is 10.6 Å². The molecule has 1 amide bonds. The van der Waals surface area contributed by atoms with Gasteiger partial charge in [0.1, 0.15) is 0 Å². The van der Waals surface area contributed by atoms with Crippen LogP contribution in [0.5, 0.6) is 0 Å². The van der Waals surface area contributed by atoms with E-state index < -0.39 is 9.84 Å². The lowest BCUT2D eigenvalue weighted by Crippen LogP contribution is -2.27. The third-order valence-corrected chi connectivity index (χ3v) is 5.97. The van der Waals surface area contributed by atoms with E-state index in [1.807, 2.05) is 0 Å². The average Bonchev–Trinajstić information content (AvgIpc) is 3.08. The summed E-state index contributed by atoms with van der Waals surface area (Å²) in [4.78, 5) is 12.4. The van der Waals surface area contributed by atoms with Gasteiger partial charge in [0.15, 0.2) is 9.84 Å². The Morgan fingerprint density at radius 3 is 2.58 bits per heavy atom. The summed E-state index contributed by atoms with van der Waals surface area (Å²) in [5, 5.41) is 6.15. The number of halogens is 1.